The molecule has 5 rings (SSSR count). The number of fused-ring (bicyclic) bond motifs is 1. The number of rotatable bonds is 9. The Kier molecular flexibility index (Phi) is 7.97. The summed E-state index contributed by atoms with van der Waals surface area (Å²) in [5.41, 5.74) is 4.76. The molecule has 1 aliphatic heterocycles. The van der Waals surface area contributed by atoms with Crippen molar-refractivity contribution in [1.82, 2.24) is 14.8 Å². The minimum atomic E-state index is -0.618. The number of benzene rings is 3. The zero-order valence-electron chi connectivity index (χ0n) is 23.0. The highest BCUT2D eigenvalue weighted by Crippen LogP contribution is 2.44. The molecule has 2 N–H and O–H groups in total. The molecule has 1 aromatic heterocycles. The van der Waals surface area contributed by atoms with Crippen LogP contribution in [-0.2, 0) is 10.5 Å². The van der Waals surface area contributed by atoms with E-state index in [1.165, 1.54) is 17.3 Å². The van der Waals surface area contributed by atoms with E-state index in [0.29, 0.717) is 45.4 Å². The third kappa shape index (κ3) is 5.35. The molecule has 0 bridgehead atoms. The summed E-state index contributed by atoms with van der Waals surface area (Å²) >= 11 is 1.53. The van der Waals surface area contributed by atoms with E-state index in [1.807, 2.05) is 68.4 Å². The molecule has 9 nitrogen and oxygen atoms in total. The first kappa shape index (κ1) is 27.1. The van der Waals surface area contributed by atoms with Crippen LogP contribution in [0.15, 0.2) is 83.2 Å². The van der Waals surface area contributed by atoms with Crippen molar-refractivity contribution >= 4 is 29.3 Å². The van der Waals surface area contributed by atoms with Crippen molar-refractivity contribution in [2.75, 3.05) is 32.0 Å². The standard InChI is InChI=1S/C30H31N5O4S/c1-18-11-9-10-14-22(18)32-28(36)25-19(2)31-29-33-30(40-17-20-12-7-6-8-13-20)34-35(29)26(25)21-15-23(37-3)27(39-5)24(16-21)38-4/h6-16,26H,17H2,1-5H3,(H,32,36)(H,31,33,34)/t26-/m1/s1. The summed E-state index contributed by atoms with van der Waals surface area (Å²) in [6.07, 6.45) is 0. The molecule has 3 aromatic carbocycles. The van der Waals surface area contributed by atoms with Crippen LogP contribution in [-0.4, -0.2) is 42.0 Å². The van der Waals surface area contributed by atoms with Gasteiger partial charge >= 0.3 is 0 Å². The first-order chi connectivity index (χ1) is 19.4. The lowest BCUT2D eigenvalue weighted by Gasteiger charge is -2.29. The number of carbonyl (C=O) groups excluding carboxylic acids is 1. The van der Waals surface area contributed by atoms with Crippen LogP contribution in [0.25, 0.3) is 0 Å². The Morgan fingerprint density at radius 1 is 0.975 bits per heavy atom. The van der Waals surface area contributed by atoms with Gasteiger partial charge in [0.25, 0.3) is 5.91 Å². The Morgan fingerprint density at radius 3 is 2.30 bits per heavy atom. The summed E-state index contributed by atoms with van der Waals surface area (Å²) in [5, 5.41) is 11.8. The zero-order valence-corrected chi connectivity index (χ0v) is 23.8. The van der Waals surface area contributed by atoms with Gasteiger partial charge in [-0.15, -0.1) is 5.10 Å². The van der Waals surface area contributed by atoms with Crippen molar-refractivity contribution in [3.05, 3.63) is 94.7 Å². The van der Waals surface area contributed by atoms with Gasteiger partial charge in [0.1, 0.15) is 6.04 Å². The van der Waals surface area contributed by atoms with E-state index in [-0.39, 0.29) is 5.91 Å². The number of ether oxygens (including phenoxy) is 3. The molecule has 206 valence electrons. The number of nitrogens with one attached hydrogen (secondary N) is 2. The number of anilines is 2. The lowest BCUT2D eigenvalue weighted by molar-refractivity contribution is -0.113. The van der Waals surface area contributed by atoms with Gasteiger partial charge in [0.2, 0.25) is 16.9 Å². The van der Waals surface area contributed by atoms with Gasteiger partial charge in [-0.3, -0.25) is 4.79 Å². The molecule has 0 radical (unpaired) electrons. The minimum Gasteiger partial charge on any atom is -0.493 e. The smallest absolute Gasteiger partial charge is 0.255 e. The number of carbonyl (C=O) groups is 1. The Hall–Kier alpha value is -4.44. The molecular formula is C30H31N5O4S. The Morgan fingerprint density at radius 2 is 1.65 bits per heavy atom. The SMILES string of the molecule is COc1cc([C@@H]2C(C(=O)Nc3ccccc3C)=C(C)Nc3nc(SCc4ccccc4)nn32)cc(OC)c1OC. The molecule has 10 heteroatoms. The van der Waals surface area contributed by atoms with Crippen LogP contribution < -0.4 is 24.8 Å². The first-order valence-corrected chi connectivity index (χ1v) is 13.7. The summed E-state index contributed by atoms with van der Waals surface area (Å²) in [4.78, 5) is 18.7. The molecule has 0 fully saturated rings. The molecule has 1 atom stereocenters. The maximum absolute atomic E-state index is 13.9. The molecule has 0 spiro atoms. The summed E-state index contributed by atoms with van der Waals surface area (Å²) in [5.74, 6) is 2.43. The maximum atomic E-state index is 13.9. The van der Waals surface area contributed by atoms with Crippen molar-refractivity contribution in [1.29, 1.82) is 0 Å². The van der Waals surface area contributed by atoms with Gasteiger partial charge in [0.05, 0.1) is 26.9 Å². The maximum Gasteiger partial charge on any atom is 0.255 e. The third-order valence-electron chi connectivity index (χ3n) is 6.68. The number of thioether (sulfide) groups is 1. The number of hydrogen-bond donors (Lipinski definition) is 2. The van der Waals surface area contributed by atoms with E-state index in [1.54, 1.807) is 26.0 Å². The van der Waals surface area contributed by atoms with Crippen molar-refractivity contribution in [3.8, 4) is 17.2 Å². The fourth-order valence-corrected chi connectivity index (χ4v) is 5.46. The number of aromatic nitrogens is 3. The van der Waals surface area contributed by atoms with Crippen molar-refractivity contribution in [3.63, 3.8) is 0 Å². The van der Waals surface area contributed by atoms with Gasteiger partial charge in [-0.25, -0.2) is 4.68 Å². The number of nitrogens with zero attached hydrogens (tertiary/aromatic N) is 3. The van der Waals surface area contributed by atoms with Crippen LogP contribution in [0, 0.1) is 6.92 Å². The Labute approximate surface area is 237 Å². The van der Waals surface area contributed by atoms with E-state index in [4.69, 9.17) is 24.3 Å². The summed E-state index contributed by atoms with van der Waals surface area (Å²) < 4.78 is 18.6. The normalized spacial score (nSPS) is 14.3. The van der Waals surface area contributed by atoms with Gasteiger partial charge in [0.15, 0.2) is 11.5 Å². The fraction of sp³-hybridized carbons (Fsp3) is 0.233. The van der Waals surface area contributed by atoms with Crippen LogP contribution in [0.5, 0.6) is 17.2 Å². The monoisotopic (exact) mass is 557 g/mol. The predicted molar refractivity (Wildman–Crippen MR) is 156 cm³/mol. The van der Waals surface area contributed by atoms with Crippen LogP contribution in [0.4, 0.5) is 11.6 Å². The second-order valence-corrected chi connectivity index (χ2v) is 10.2. The second-order valence-electron chi connectivity index (χ2n) is 9.23. The Bertz CT molecular complexity index is 1540. The largest absolute Gasteiger partial charge is 0.493 e. The number of amides is 1. The number of methoxy groups -OCH3 is 3. The van der Waals surface area contributed by atoms with Gasteiger partial charge < -0.3 is 24.8 Å². The highest BCUT2D eigenvalue weighted by atomic mass is 32.2. The van der Waals surface area contributed by atoms with Crippen LogP contribution in [0.3, 0.4) is 0 Å². The van der Waals surface area contributed by atoms with Gasteiger partial charge in [-0.2, -0.15) is 4.98 Å². The van der Waals surface area contributed by atoms with E-state index in [9.17, 15) is 4.79 Å². The summed E-state index contributed by atoms with van der Waals surface area (Å²) in [6.45, 7) is 3.82. The molecular weight excluding hydrogens is 526 g/mol. The fourth-order valence-electron chi connectivity index (χ4n) is 4.68. The van der Waals surface area contributed by atoms with Crippen molar-refractivity contribution in [2.24, 2.45) is 0 Å². The average molecular weight is 558 g/mol. The third-order valence-corrected chi connectivity index (χ3v) is 7.59. The number of para-hydroxylation sites is 1. The number of allylic oxidation sites excluding steroid dienone is 1. The number of aryl methyl sites for hydroxylation is 1. The topological polar surface area (TPSA) is 99.5 Å². The lowest BCUT2D eigenvalue weighted by atomic mass is 9.94. The first-order valence-electron chi connectivity index (χ1n) is 12.7. The molecule has 1 amide bonds. The predicted octanol–water partition coefficient (Wildman–Crippen LogP) is 5.83. The highest BCUT2D eigenvalue weighted by Gasteiger charge is 2.36. The zero-order chi connectivity index (χ0) is 28.2. The lowest BCUT2D eigenvalue weighted by Crippen LogP contribution is -2.31. The molecule has 40 heavy (non-hydrogen) atoms. The summed E-state index contributed by atoms with van der Waals surface area (Å²) in [7, 11) is 4.69. The minimum absolute atomic E-state index is 0.252. The van der Waals surface area contributed by atoms with Crippen molar-refractivity contribution < 1.29 is 19.0 Å². The quantitative estimate of drug-likeness (QED) is 0.248. The molecule has 0 saturated carbocycles. The molecule has 2 heterocycles. The second kappa shape index (κ2) is 11.7. The average Bonchev–Trinajstić information content (AvgIpc) is 3.38. The molecule has 0 unspecified atom stereocenters. The van der Waals surface area contributed by atoms with Crippen LogP contribution in [0.2, 0.25) is 0 Å². The molecule has 1 aliphatic rings. The van der Waals surface area contributed by atoms with Gasteiger partial charge in [0, 0.05) is 17.1 Å². The van der Waals surface area contributed by atoms with Crippen molar-refractivity contribution in [2.45, 2.75) is 30.8 Å². The molecule has 4 aromatic rings. The van der Waals surface area contributed by atoms with Crippen LogP contribution >= 0.6 is 11.8 Å². The van der Waals surface area contributed by atoms with Crippen LogP contribution in [0.1, 0.15) is 29.7 Å². The summed E-state index contributed by atoms with van der Waals surface area (Å²) in [6, 6.07) is 20.9. The van der Waals surface area contributed by atoms with E-state index < -0.39 is 6.04 Å². The van der Waals surface area contributed by atoms with Gasteiger partial charge in [-0.05, 0) is 48.7 Å². The molecule has 0 saturated heterocycles. The highest BCUT2D eigenvalue weighted by molar-refractivity contribution is 7.98. The van der Waals surface area contributed by atoms with Gasteiger partial charge in [-0.1, -0.05) is 60.3 Å². The van der Waals surface area contributed by atoms with E-state index in [2.05, 4.69) is 22.8 Å². The Balaban J connectivity index is 1.59. The molecule has 0 aliphatic carbocycles. The van der Waals surface area contributed by atoms with E-state index >= 15 is 0 Å². The van der Waals surface area contributed by atoms with E-state index in [0.717, 1.165) is 16.8 Å². The number of hydrogen-bond acceptors (Lipinski definition) is 8.